The number of rotatable bonds is 4. The Kier molecular flexibility index (Phi) is 4.44. The summed E-state index contributed by atoms with van der Waals surface area (Å²) < 4.78 is 77.7. The maximum Gasteiger partial charge on any atom is 0.434 e. The molecule has 0 heterocycles. The lowest BCUT2D eigenvalue weighted by Crippen LogP contribution is -2.46. The SMILES string of the molecule is O=Cc1c(OC(C(F)(F)F)C(F)(F)F)cccc1[N+](=O)[O-]. The number of carbonyl (C=O) groups excluding carboxylic acids is 1. The van der Waals surface area contributed by atoms with E-state index >= 15 is 0 Å². The lowest BCUT2D eigenvalue weighted by molar-refractivity contribution is -0.385. The number of aldehydes is 1. The van der Waals surface area contributed by atoms with Gasteiger partial charge in [0.25, 0.3) is 11.8 Å². The van der Waals surface area contributed by atoms with E-state index in [1.807, 2.05) is 0 Å². The minimum absolute atomic E-state index is 0.253. The summed E-state index contributed by atoms with van der Waals surface area (Å²) in [7, 11) is 0. The highest BCUT2D eigenvalue weighted by atomic mass is 19.4. The van der Waals surface area contributed by atoms with Crippen molar-refractivity contribution in [3.63, 3.8) is 0 Å². The fourth-order valence-corrected chi connectivity index (χ4v) is 1.36. The van der Waals surface area contributed by atoms with E-state index in [0.717, 1.165) is 12.1 Å². The topological polar surface area (TPSA) is 69.4 Å². The van der Waals surface area contributed by atoms with Gasteiger partial charge in [-0.15, -0.1) is 0 Å². The smallest absolute Gasteiger partial charge is 0.434 e. The number of hydrogen-bond donors (Lipinski definition) is 0. The van der Waals surface area contributed by atoms with Crippen LogP contribution < -0.4 is 4.74 Å². The van der Waals surface area contributed by atoms with Gasteiger partial charge in [0.1, 0.15) is 11.3 Å². The molecule has 0 aliphatic heterocycles. The first-order valence-electron chi connectivity index (χ1n) is 5.01. The molecule has 116 valence electrons. The maximum atomic E-state index is 12.3. The monoisotopic (exact) mass is 317 g/mol. The van der Waals surface area contributed by atoms with Crippen LogP contribution in [0.4, 0.5) is 32.0 Å². The number of nitro groups is 1. The van der Waals surface area contributed by atoms with Crippen LogP contribution >= 0.6 is 0 Å². The molecule has 0 saturated heterocycles. The van der Waals surface area contributed by atoms with Crippen LogP contribution in [0.3, 0.4) is 0 Å². The zero-order valence-corrected chi connectivity index (χ0v) is 9.73. The minimum atomic E-state index is -5.80. The Morgan fingerprint density at radius 3 is 2.05 bits per heavy atom. The molecule has 0 aromatic heterocycles. The molecule has 0 fully saturated rings. The first-order valence-corrected chi connectivity index (χ1v) is 5.01. The molecule has 0 unspecified atom stereocenters. The number of nitro benzene ring substituents is 1. The summed E-state index contributed by atoms with van der Waals surface area (Å²) >= 11 is 0. The molecule has 0 N–H and O–H groups in total. The van der Waals surface area contributed by atoms with Crippen molar-refractivity contribution >= 4 is 12.0 Å². The van der Waals surface area contributed by atoms with Crippen molar-refractivity contribution in [3.05, 3.63) is 33.9 Å². The Bertz CT molecular complexity index is 539. The van der Waals surface area contributed by atoms with Gasteiger partial charge in [-0.3, -0.25) is 14.9 Å². The van der Waals surface area contributed by atoms with Gasteiger partial charge in [0.05, 0.1) is 4.92 Å². The summed E-state index contributed by atoms with van der Waals surface area (Å²) in [5, 5.41) is 10.6. The van der Waals surface area contributed by atoms with Crippen LogP contribution in [-0.4, -0.2) is 29.7 Å². The molecule has 0 amide bonds. The van der Waals surface area contributed by atoms with Crippen LogP contribution in [0.25, 0.3) is 0 Å². The third kappa shape index (κ3) is 3.83. The number of benzene rings is 1. The predicted octanol–water partition coefficient (Wildman–Crippen LogP) is 3.28. The summed E-state index contributed by atoms with van der Waals surface area (Å²) in [4.78, 5) is 20.1. The van der Waals surface area contributed by atoms with E-state index in [-0.39, 0.29) is 6.29 Å². The highest BCUT2D eigenvalue weighted by Gasteiger charge is 2.59. The quantitative estimate of drug-likeness (QED) is 0.370. The van der Waals surface area contributed by atoms with Crippen molar-refractivity contribution < 1.29 is 40.8 Å². The molecule has 1 aromatic rings. The average Bonchev–Trinajstić information content (AvgIpc) is 2.32. The molecule has 21 heavy (non-hydrogen) atoms. The summed E-state index contributed by atoms with van der Waals surface area (Å²) in [6.45, 7) is 0. The van der Waals surface area contributed by atoms with Gasteiger partial charge in [-0.25, -0.2) is 0 Å². The third-order valence-corrected chi connectivity index (χ3v) is 2.20. The molecule has 0 atom stereocenters. The van der Waals surface area contributed by atoms with Crippen molar-refractivity contribution in [3.8, 4) is 5.75 Å². The fourth-order valence-electron chi connectivity index (χ4n) is 1.36. The highest BCUT2D eigenvalue weighted by molar-refractivity contribution is 5.85. The number of carbonyl (C=O) groups is 1. The van der Waals surface area contributed by atoms with Crippen LogP contribution in [0.15, 0.2) is 18.2 Å². The summed E-state index contributed by atoms with van der Waals surface area (Å²) in [6, 6.07) is 2.14. The van der Waals surface area contributed by atoms with Crippen molar-refractivity contribution in [2.75, 3.05) is 0 Å². The Morgan fingerprint density at radius 1 is 1.14 bits per heavy atom. The van der Waals surface area contributed by atoms with E-state index < -0.39 is 40.4 Å². The van der Waals surface area contributed by atoms with Gasteiger partial charge in [-0.1, -0.05) is 6.07 Å². The molecule has 0 aliphatic rings. The van der Waals surface area contributed by atoms with Crippen LogP contribution in [0.5, 0.6) is 5.75 Å². The molecule has 5 nitrogen and oxygen atoms in total. The maximum absolute atomic E-state index is 12.3. The zero-order chi connectivity index (χ0) is 16.4. The fraction of sp³-hybridized carbons (Fsp3) is 0.300. The Morgan fingerprint density at radius 2 is 1.67 bits per heavy atom. The van der Waals surface area contributed by atoms with Crippen LogP contribution in [-0.2, 0) is 0 Å². The van der Waals surface area contributed by atoms with Gasteiger partial charge in [-0.2, -0.15) is 26.3 Å². The van der Waals surface area contributed by atoms with Gasteiger partial charge in [0, 0.05) is 6.07 Å². The molecular formula is C10H5F6NO4. The second kappa shape index (κ2) is 5.58. The molecular weight excluding hydrogens is 312 g/mol. The molecule has 1 rings (SSSR count). The van der Waals surface area contributed by atoms with Crippen LogP contribution in [0.2, 0.25) is 0 Å². The van der Waals surface area contributed by atoms with E-state index in [0.29, 0.717) is 6.07 Å². The largest absolute Gasteiger partial charge is 0.470 e. The summed E-state index contributed by atoms with van der Waals surface area (Å²) in [5.41, 5.74) is -1.98. The standard InChI is InChI=1S/C10H5F6NO4/c11-9(12,13)8(10(14,15)16)21-7-3-1-2-6(17(19)20)5(7)4-18/h1-4,8H. The van der Waals surface area contributed by atoms with Gasteiger partial charge in [-0.05, 0) is 6.07 Å². The average molecular weight is 317 g/mol. The number of nitrogens with zero attached hydrogens (tertiary/aromatic N) is 1. The molecule has 0 radical (unpaired) electrons. The number of hydrogen-bond acceptors (Lipinski definition) is 4. The van der Waals surface area contributed by atoms with Gasteiger partial charge < -0.3 is 4.74 Å². The van der Waals surface area contributed by atoms with Gasteiger partial charge in [0.15, 0.2) is 6.29 Å². The molecule has 0 saturated carbocycles. The van der Waals surface area contributed by atoms with Gasteiger partial charge in [0.2, 0.25) is 0 Å². The van der Waals surface area contributed by atoms with E-state index in [4.69, 9.17) is 0 Å². The highest BCUT2D eigenvalue weighted by Crippen LogP contribution is 2.38. The molecule has 11 heteroatoms. The first-order chi connectivity index (χ1) is 9.48. The van der Waals surface area contributed by atoms with Gasteiger partial charge >= 0.3 is 12.4 Å². The minimum Gasteiger partial charge on any atom is -0.470 e. The third-order valence-electron chi connectivity index (χ3n) is 2.20. The predicted molar refractivity (Wildman–Crippen MR) is 55.0 cm³/mol. The second-order valence-corrected chi connectivity index (χ2v) is 3.65. The number of ether oxygens (including phenoxy) is 1. The molecule has 0 bridgehead atoms. The number of halogens is 6. The van der Waals surface area contributed by atoms with Crippen molar-refractivity contribution in [1.82, 2.24) is 0 Å². The summed E-state index contributed by atoms with van der Waals surface area (Å²) in [6.07, 6.45) is -16.1. The molecule has 1 aromatic carbocycles. The van der Waals surface area contributed by atoms with Crippen molar-refractivity contribution in [2.24, 2.45) is 0 Å². The number of alkyl halides is 6. The summed E-state index contributed by atoms with van der Waals surface area (Å²) in [5.74, 6) is -1.18. The normalized spacial score (nSPS) is 12.3. The van der Waals surface area contributed by atoms with Crippen LogP contribution in [0, 0.1) is 10.1 Å². The van der Waals surface area contributed by atoms with Crippen molar-refractivity contribution in [2.45, 2.75) is 18.5 Å². The Labute approximate surface area is 112 Å². The first kappa shape index (κ1) is 16.7. The van der Waals surface area contributed by atoms with E-state index in [2.05, 4.69) is 4.74 Å². The second-order valence-electron chi connectivity index (χ2n) is 3.65. The van der Waals surface area contributed by atoms with E-state index in [9.17, 15) is 41.3 Å². The Hall–Kier alpha value is -2.33. The van der Waals surface area contributed by atoms with Crippen molar-refractivity contribution in [1.29, 1.82) is 0 Å². The lowest BCUT2D eigenvalue weighted by Gasteiger charge is -2.24. The van der Waals surface area contributed by atoms with Crippen LogP contribution in [0.1, 0.15) is 10.4 Å². The van der Waals surface area contributed by atoms with E-state index in [1.54, 1.807) is 0 Å². The Balaban J connectivity index is 3.31. The lowest BCUT2D eigenvalue weighted by atomic mass is 10.1. The zero-order valence-electron chi connectivity index (χ0n) is 9.73. The van der Waals surface area contributed by atoms with E-state index in [1.165, 1.54) is 0 Å². The molecule has 0 aliphatic carbocycles. The molecule has 0 spiro atoms.